The van der Waals surface area contributed by atoms with Gasteiger partial charge in [-0.15, -0.1) is 0 Å². The number of rotatable bonds is 5. The highest BCUT2D eigenvalue weighted by Gasteiger charge is 2.22. The Morgan fingerprint density at radius 1 is 1.50 bits per heavy atom. The van der Waals surface area contributed by atoms with E-state index in [1.54, 1.807) is 0 Å². The van der Waals surface area contributed by atoms with Gasteiger partial charge in [-0.3, -0.25) is 4.79 Å². The van der Waals surface area contributed by atoms with Gasteiger partial charge in [-0.2, -0.15) is 0 Å². The third kappa shape index (κ3) is 4.27. The first-order valence-corrected chi connectivity index (χ1v) is 9.46. The average molecular weight is 325 g/mol. The summed E-state index contributed by atoms with van der Waals surface area (Å²) in [7, 11) is -3.47. The number of carbonyl (C=O) groups excluding carboxylic acids is 1. The van der Waals surface area contributed by atoms with Crippen molar-refractivity contribution in [1.82, 2.24) is 15.2 Å². The molecule has 1 saturated heterocycles. The van der Waals surface area contributed by atoms with Gasteiger partial charge in [-0.25, -0.2) is 13.4 Å². The van der Waals surface area contributed by atoms with Crippen molar-refractivity contribution in [3.8, 4) is 0 Å². The van der Waals surface area contributed by atoms with Crippen LogP contribution in [0.3, 0.4) is 0 Å². The highest BCUT2D eigenvalue weighted by atomic mass is 32.2. The number of pyridine rings is 1. The van der Waals surface area contributed by atoms with Gasteiger partial charge in [0.1, 0.15) is 5.69 Å². The van der Waals surface area contributed by atoms with E-state index >= 15 is 0 Å². The van der Waals surface area contributed by atoms with Crippen LogP contribution in [-0.4, -0.2) is 56.6 Å². The largest absolute Gasteiger partial charge is 0.350 e. The highest BCUT2D eigenvalue weighted by Crippen LogP contribution is 2.16. The summed E-state index contributed by atoms with van der Waals surface area (Å²) in [5.74, 6) is -0.0160. The molecule has 122 valence electrons. The molecule has 22 heavy (non-hydrogen) atoms. The van der Waals surface area contributed by atoms with Crippen molar-refractivity contribution < 1.29 is 13.2 Å². The van der Waals surface area contributed by atoms with Crippen LogP contribution in [0, 0.1) is 5.92 Å². The summed E-state index contributed by atoms with van der Waals surface area (Å²) in [5, 5.41) is 2.83. The Kier molecular flexibility index (Phi) is 5.52. The smallest absolute Gasteiger partial charge is 0.271 e. The predicted octanol–water partition coefficient (Wildman–Crippen LogP) is 0.947. The van der Waals surface area contributed by atoms with Crippen molar-refractivity contribution in [2.24, 2.45) is 5.92 Å². The molecule has 1 aliphatic heterocycles. The monoisotopic (exact) mass is 325 g/mol. The summed E-state index contributed by atoms with van der Waals surface area (Å²) in [6.45, 7) is 5.78. The molecule has 1 atom stereocenters. The van der Waals surface area contributed by atoms with E-state index in [-0.39, 0.29) is 10.6 Å². The summed E-state index contributed by atoms with van der Waals surface area (Å²) in [6.07, 6.45) is 4.73. The summed E-state index contributed by atoms with van der Waals surface area (Å²) in [5.41, 5.74) is -0.0202. The highest BCUT2D eigenvalue weighted by molar-refractivity contribution is 7.90. The van der Waals surface area contributed by atoms with Gasteiger partial charge in [-0.1, -0.05) is 6.92 Å². The lowest BCUT2D eigenvalue weighted by Gasteiger charge is -2.31. The molecule has 1 fully saturated rings. The quantitative estimate of drug-likeness (QED) is 0.872. The maximum atomic E-state index is 12.3. The lowest BCUT2D eigenvalue weighted by Crippen LogP contribution is -2.41. The standard InChI is InChI=1S/C15H23N3O3S/c1-3-18-9-5-6-12(11-18)10-17-15(19)14-13(22(2,20)21)7-4-8-16-14/h4,7-8,12H,3,5-6,9-11H2,1-2H3,(H,17,19). The fourth-order valence-electron chi connectivity index (χ4n) is 2.79. The normalized spacial score (nSPS) is 19.8. The van der Waals surface area contributed by atoms with Crippen LogP contribution in [0.4, 0.5) is 0 Å². The number of hydrogen-bond donors (Lipinski definition) is 1. The number of nitrogens with one attached hydrogen (secondary N) is 1. The molecule has 2 heterocycles. The summed E-state index contributed by atoms with van der Waals surface area (Å²) < 4.78 is 23.4. The second-order valence-corrected chi connectivity index (χ2v) is 7.72. The Hall–Kier alpha value is -1.47. The van der Waals surface area contributed by atoms with Crippen LogP contribution in [-0.2, 0) is 9.84 Å². The van der Waals surface area contributed by atoms with Gasteiger partial charge in [0, 0.05) is 25.5 Å². The molecule has 0 spiro atoms. The van der Waals surface area contributed by atoms with Crippen molar-refractivity contribution >= 4 is 15.7 Å². The fraction of sp³-hybridized carbons (Fsp3) is 0.600. The Balaban J connectivity index is 2.01. The van der Waals surface area contributed by atoms with E-state index in [9.17, 15) is 13.2 Å². The average Bonchev–Trinajstić information content (AvgIpc) is 2.52. The number of piperidine rings is 1. The van der Waals surface area contributed by atoms with Gasteiger partial charge in [0.2, 0.25) is 0 Å². The Labute approximate surface area is 131 Å². The first-order chi connectivity index (χ1) is 10.4. The first-order valence-electron chi connectivity index (χ1n) is 7.57. The number of sulfone groups is 1. The van der Waals surface area contributed by atoms with Crippen molar-refractivity contribution in [2.45, 2.75) is 24.7 Å². The molecule has 6 nitrogen and oxygen atoms in total. The van der Waals surface area contributed by atoms with Gasteiger partial charge >= 0.3 is 0 Å². The molecule has 1 N–H and O–H groups in total. The van der Waals surface area contributed by atoms with E-state index < -0.39 is 15.7 Å². The Bertz CT molecular complexity index is 631. The van der Waals surface area contributed by atoms with E-state index in [0.717, 1.165) is 38.7 Å². The Morgan fingerprint density at radius 2 is 2.27 bits per heavy atom. The molecular weight excluding hydrogens is 302 g/mol. The van der Waals surface area contributed by atoms with Gasteiger partial charge in [0.15, 0.2) is 9.84 Å². The van der Waals surface area contributed by atoms with E-state index in [1.165, 1.54) is 18.3 Å². The number of nitrogens with zero attached hydrogens (tertiary/aromatic N) is 2. The van der Waals surface area contributed by atoms with E-state index in [2.05, 4.69) is 22.1 Å². The molecule has 1 aliphatic rings. The van der Waals surface area contributed by atoms with E-state index in [0.29, 0.717) is 12.5 Å². The number of likely N-dealkylation sites (tertiary alicyclic amines) is 1. The zero-order chi connectivity index (χ0) is 16.2. The van der Waals surface area contributed by atoms with E-state index in [4.69, 9.17) is 0 Å². The second kappa shape index (κ2) is 7.19. The molecule has 0 radical (unpaired) electrons. The van der Waals surface area contributed by atoms with Gasteiger partial charge < -0.3 is 10.2 Å². The number of carbonyl (C=O) groups is 1. The summed E-state index contributed by atoms with van der Waals surface area (Å²) >= 11 is 0. The van der Waals surface area contributed by atoms with Gasteiger partial charge in [0.05, 0.1) is 4.90 Å². The van der Waals surface area contributed by atoms with Crippen LogP contribution < -0.4 is 5.32 Å². The topological polar surface area (TPSA) is 79.4 Å². The molecule has 0 bridgehead atoms. The van der Waals surface area contributed by atoms with Crippen LogP contribution in [0.1, 0.15) is 30.3 Å². The SMILES string of the molecule is CCN1CCCC(CNC(=O)c2ncccc2S(C)(=O)=O)C1. The molecular formula is C15H23N3O3S. The van der Waals surface area contributed by atoms with Crippen molar-refractivity contribution in [3.63, 3.8) is 0 Å². The van der Waals surface area contributed by atoms with Gasteiger partial charge in [-0.05, 0) is 44.0 Å². The zero-order valence-electron chi connectivity index (χ0n) is 13.1. The molecule has 0 aliphatic carbocycles. The van der Waals surface area contributed by atoms with Crippen molar-refractivity contribution in [1.29, 1.82) is 0 Å². The van der Waals surface area contributed by atoms with E-state index in [1.807, 2.05) is 0 Å². The summed E-state index contributed by atoms with van der Waals surface area (Å²) in [6, 6.07) is 2.93. The van der Waals surface area contributed by atoms with Crippen molar-refractivity contribution in [2.75, 3.05) is 32.4 Å². The molecule has 1 aromatic rings. The maximum absolute atomic E-state index is 12.3. The molecule has 0 saturated carbocycles. The molecule has 2 rings (SSSR count). The predicted molar refractivity (Wildman–Crippen MR) is 84.5 cm³/mol. The zero-order valence-corrected chi connectivity index (χ0v) is 13.9. The minimum absolute atomic E-state index is 0.0202. The van der Waals surface area contributed by atoms with Crippen LogP contribution in [0.25, 0.3) is 0 Å². The third-order valence-electron chi connectivity index (χ3n) is 3.99. The summed E-state index contributed by atoms with van der Waals surface area (Å²) in [4.78, 5) is 18.5. The number of aromatic nitrogens is 1. The second-order valence-electron chi connectivity index (χ2n) is 5.73. The number of amides is 1. The van der Waals surface area contributed by atoms with Gasteiger partial charge in [0.25, 0.3) is 5.91 Å². The maximum Gasteiger partial charge on any atom is 0.271 e. The van der Waals surface area contributed by atoms with Crippen LogP contribution in [0.2, 0.25) is 0 Å². The lowest BCUT2D eigenvalue weighted by molar-refractivity contribution is 0.0925. The molecule has 0 aromatic carbocycles. The fourth-order valence-corrected chi connectivity index (χ4v) is 3.61. The minimum Gasteiger partial charge on any atom is -0.350 e. The van der Waals surface area contributed by atoms with Crippen LogP contribution >= 0.6 is 0 Å². The molecule has 1 aromatic heterocycles. The molecule has 7 heteroatoms. The van der Waals surface area contributed by atoms with Crippen molar-refractivity contribution in [3.05, 3.63) is 24.0 Å². The first kappa shape index (κ1) is 16.9. The number of hydrogen-bond acceptors (Lipinski definition) is 5. The van der Waals surface area contributed by atoms with Crippen LogP contribution in [0.15, 0.2) is 23.2 Å². The molecule has 1 amide bonds. The molecule has 1 unspecified atom stereocenters. The van der Waals surface area contributed by atoms with Crippen LogP contribution in [0.5, 0.6) is 0 Å². The lowest BCUT2D eigenvalue weighted by atomic mass is 9.98. The Morgan fingerprint density at radius 3 is 2.95 bits per heavy atom. The minimum atomic E-state index is -3.47. The third-order valence-corrected chi connectivity index (χ3v) is 5.12.